The topological polar surface area (TPSA) is 24.5 Å². The van der Waals surface area contributed by atoms with Crippen LogP contribution in [0.25, 0.3) is 0 Å². The van der Waals surface area contributed by atoms with E-state index in [0.717, 1.165) is 48.9 Å². The lowest BCUT2D eigenvalue weighted by atomic mass is 10.1. The van der Waals surface area contributed by atoms with E-state index in [2.05, 4.69) is 38.2 Å². The molecule has 1 N–H and O–H groups in total. The fourth-order valence-corrected chi connectivity index (χ4v) is 2.20. The van der Waals surface area contributed by atoms with Gasteiger partial charge in [-0.3, -0.25) is 0 Å². The second kappa shape index (κ2) is 9.22. The molecule has 0 aliphatic carbocycles. The van der Waals surface area contributed by atoms with Gasteiger partial charge in [-0.1, -0.05) is 18.5 Å². The Kier molecular flexibility index (Phi) is 7.97. The van der Waals surface area contributed by atoms with Gasteiger partial charge in [-0.25, -0.2) is 0 Å². The van der Waals surface area contributed by atoms with E-state index in [4.69, 9.17) is 16.3 Å². The van der Waals surface area contributed by atoms with Crippen molar-refractivity contribution in [3.8, 4) is 5.75 Å². The van der Waals surface area contributed by atoms with Crippen molar-refractivity contribution in [1.29, 1.82) is 0 Å². The Balaban J connectivity index is 2.64. The van der Waals surface area contributed by atoms with E-state index >= 15 is 0 Å². The van der Waals surface area contributed by atoms with E-state index in [1.54, 1.807) is 0 Å². The number of ether oxygens (including phenoxy) is 1. The third-order valence-electron chi connectivity index (χ3n) is 3.15. The van der Waals surface area contributed by atoms with Gasteiger partial charge in [0, 0.05) is 23.2 Å². The first-order valence-electron chi connectivity index (χ1n) is 7.35. The van der Waals surface area contributed by atoms with Gasteiger partial charge in [0.05, 0.1) is 6.61 Å². The molecule has 0 heterocycles. The third kappa shape index (κ3) is 6.12. The number of hydrogen-bond acceptors (Lipinski definition) is 3. The molecule has 114 valence electrons. The zero-order valence-electron chi connectivity index (χ0n) is 13.1. The molecule has 0 saturated heterocycles. The van der Waals surface area contributed by atoms with Gasteiger partial charge in [0.1, 0.15) is 5.75 Å². The SMILES string of the molecule is CCCNC(C)c1cc(Cl)ccc1OCCCN(C)C. The second-order valence-electron chi connectivity index (χ2n) is 5.36. The number of rotatable bonds is 9. The minimum absolute atomic E-state index is 0.248. The first-order chi connectivity index (χ1) is 9.54. The molecule has 0 saturated carbocycles. The van der Waals surface area contributed by atoms with Gasteiger partial charge in [-0.2, -0.15) is 0 Å². The average molecular weight is 299 g/mol. The van der Waals surface area contributed by atoms with Gasteiger partial charge in [0.25, 0.3) is 0 Å². The molecule has 0 aromatic heterocycles. The molecule has 4 heteroatoms. The highest BCUT2D eigenvalue weighted by molar-refractivity contribution is 6.30. The predicted octanol–water partition coefficient (Wildman–Crippen LogP) is 3.73. The summed E-state index contributed by atoms with van der Waals surface area (Å²) in [5.74, 6) is 0.934. The third-order valence-corrected chi connectivity index (χ3v) is 3.38. The van der Waals surface area contributed by atoms with Crippen LogP contribution in [0.5, 0.6) is 5.75 Å². The molecule has 0 spiro atoms. The zero-order valence-corrected chi connectivity index (χ0v) is 13.8. The largest absolute Gasteiger partial charge is 0.493 e. The minimum Gasteiger partial charge on any atom is -0.493 e. The Morgan fingerprint density at radius 1 is 1.35 bits per heavy atom. The summed E-state index contributed by atoms with van der Waals surface area (Å²) in [6.07, 6.45) is 2.13. The van der Waals surface area contributed by atoms with Crippen LogP contribution in [0.3, 0.4) is 0 Å². The first-order valence-corrected chi connectivity index (χ1v) is 7.72. The molecule has 3 nitrogen and oxygen atoms in total. The molecule has 0 amide bonds. The molecule has 1 aromatic rings. The fraction of sp³-hybridized carbons (Fsp3) is 0.625. The summed E-state index contributed by atoms with van der Waals surface area (Å²) in [7, 11) is 4.15. The van der Waals surface area contributed by atoms with Gasteiger partial charge >= 0.3 is 0 Å². The van der Waals surface area contributed by atoms with Crippen molar-refractivity contribution in [3.63, 3.8) is 0 Å². The van der Waals surface area contributed by atoms with Crippen LogP contribution in [0, 0.1) is 0 Å². The van der Waals surface area contributed by atoms with Crippen molar-refractivity contribution in [2.24, 2.45) is 0 Å². The number of nitrogens with one attached hydrogen (secondary N) is 1. The van der Waals surface area contributed by atoms with Crippen molar-refractivity contribution in [2.45, 2.75) is 32.7 Å². The average Bonchev–Trinajstić information content (AvgIpc) is 2.41. The quantitative estimate of drug-likeness (QED) is 0.703. The van der Waals surface area contributed by atoms with Crippen molar-refractivity contribution in [3.05, 3.63) is 28.8 Å². The van der Waals surface area contributed by atoms with E-state index in [9.17, 15) is 0 Å². The Morgan fingerprint density at radius 2 is 2.10 bits per heavy atom. The molecule has 1 rings (SSSR count). The monoisotopic (exact) mass is 298 g/mol. The van der Waals surface area contributed by atoms with Gasteiger partial charge in [0.2, 0.25) is 0 Å². The standard InChI is InChI=1S/C16H27ClN2O/c1-5-9-18-13(2)15-12-14(17)7-8-16(15)20-11-6-10-19(3)4/h7-8,12-13,18H,5-6,9-11H2,1-4H3. The van der Waals surface area contributed by atoms with Crippen molar-refractivity contribution >= 4 is 11.6 Å². The summed E-state index contributed by atoms with van der Waals surface area (Å²) in [4.78, 5) is 2.16. The molecule has 0 radical (unpaired) electrons. The molecule has 0 bridgehead atoms. The highest BCUT2D eigenvalue weighted by Gasteiger charge is 2.12. The Labute approximate surface area is 128 Å². The first kappa shape index (κ1) is 17.3. The van der Waals surface area contributed by atoms with Gasteiger partial charge < -0.3 is 15.0 Å². The minimum atomic E-state index is 0.248. The normalized spacial score (nSPS) is 12.7. The lowest BCUT2D eigenvalue weighted by molar-refractivity contribution is 0.277. The molecule has 1 atom stereocenters. The van der Waals surface area contributed by atoms with Crippen LogP contribution < -0.4 is 10.1 Å². The molecule has 0 fully saturated rings. The van der Waals surface area contributed by atoms with E-state index in [1.165, 1.54) is 0 Å². The fourth-order valence-electron chi connectivity index (χ4n) is 2.02. The van der Waals surface area contributed by atoms with E-state index in [-0.39, 0.29) is 6.04 Å². The van der Waals surface area contributed by atoms with Crippen molar-refractivity contribution < 1.29 is 4.74 Å². The van der Waals surface area contributed by atoms with Gasteiger partial charge in [0.15, 0.2) is 0 Å². The molecular formula is C16H27ClN2O. The van der Waals surface area contributed by atoms with Gasteiger partial charge in [-0.15, -0.1) is 0 Å². The number of halogens is 1. The maximum Gasteiger partial charge on any atom is 0.124 e. The zero-order chi connectivity index (χ0) is 15.0. The number of nitrogens with zero attached hydrogens (tertiary/aromatic N) is 1. The van der Waals surface area contributed by atoms with Crippen LogP contribution in [0.2, 0.25) is 5.02 Å². The van der Waals surface area contributed by atoms with Crippen LogP contribution >= 0.6 is 11.6 Å². The summed E-state index contributed by atoms with van der Waals surface area (Å²) in [6, 6.07) is 6.10. The van der Waals surface area contributed by atoms with Crippen LogP contribution in [-0.2, 0) is 0 Å². The maximum atomic E-state index is 6.11. The van der Waals surface area contributed by atoms with Gasteiger partial charge in [-0.05, 0) is 58.6 Å². The van der Waals surface area contributed by atoms with Crippen LogP contribution in [-0.4, -0.2) is 38.7 Å². The summed E-state index contributed by atoms with van der Waals surface area (Å²) >= 11 is 6.11. The van der Waals surface area contributed by atoms with Crippen LogP contribution in [0.15, 0.2) is 18.2 Å². The molecule has 20 heavy (non-hydrogen) atoms. The smallest absolute Gasteiger partial charge is 0.124 e. The number of hydrogen-bond donors (Lipinski definition) is 1. The predicted molar refractivity (Wildman–Crippen MR) is 86.8 cm³/mol. The van der Waals surface area contributed by atoms with Crippen molar-refractivity contribution in [1.82, 2.24) is 10.2 Å². The lowest BCUT2D eigenvalue weighted by Gasteiger charge is -2.19. The van der Waals surface area contributed by atoms with E-state index < -0.39 is 0 Å². The Bertz CT molecular complexity index is 396. The highest BCUT2D eigenvalue weighted by atomic mass is 35.5. The summed E-state index contributed by atoms with van der Waals surface area (Å²) in [6.45, 7) is 7.07. The van der Waals surface area contributed by atoms with E-state index in [0.29, 0.717) is 0 Å². The van der Waals surface area contributed by atoms with E-state index in [1.807, 2.05) is 18.2 Å². The molecule has 0 aliphatic rings. The highest BCUT2D eigenvalue weighted by Crippen LogP contribution is 2.28. The second-order valence-corrected chi connectivity index (χ2v) is 5.80. The molecular weight excluding hydrogens is 272 g/mol. The Morgan fingerprint density at radius 3 is 2.75 bits per heavy atom. The lowest BCUT2D eigenvalue weighted by Crippen LogP contribution is -2.20. The van der Waals surface area contributed by atoms with Crippen LogP contribution in [0.4, 0.5) is 0 Å². The Hall–Kier alpha value is -0.770. The number of benzene rings is 1. The summed E-state index contributed by atoms with van der Waals surface area (Å²) in [5, 5.41) is 4.23. The summed E-state index contributed by atoms with van der Waals surface area (Å²) < 4.78 is 5.92. The molecule has 0 aliphatic heterocycles. The maximum absolute atomic E-state index is 6.11. The molecule has 1 aromatic carbocycles. The molecule has 1 unspecified atom stereocenters. The van der Waals surface area contributed by atoms with Crippen LogP contribution in [0.1, 0.15) is 38.3 Å². The van der Waals surface area contributed by atoms with Crippen molar-refractivity contribution in [2.75, 3.05) is 33.8 Å². The summed E-state index contributed by atoms with van der Waals surface area (Å²) in [5.41, 5.74) is 1.14.